The number of halogens is 1. The number of benzene rings is 1. The lowest BCUT2D eigenvalue weighted by atomic mass is 10.0. The lowest BCUT2D eigenvalue weighted by Gasteiger charge is -2.28. The van der Waals surface area contributed by atoms with Crippen molar-refractivity contribution in [2.75, 3.05) is 6.54 Å². The molecular weight excluding hydrogens is 404 g/mol. The van der Waals surface area contributed by atoms with Crippen molar-refractivity contribution < 1.29 is 9.32 Å². The van der Waals surface area contributed by atoms with Crippen molar-refractivity contribution in [2.24, 2.45) is 0 Å². The first-order valence-electron chi connectivity index (χ1n) is 9.54. The average Bonchev–Trinajstić information content (AvgIpc) is 3.14. The maximum Gasteiger partial charge on any atom is 0.263 e. The normalized spacial score (nSPS) is 13.5. The van der Waals surface area contributed by atoms with Crippen molar-refractivity contribution in [3.63, 3.8) is 0 Å². The molecule has 0 N–H and O–H groups in total. The number of carbonyl (C=O) groups excluding carboxylic acids is 1. The highest BCUT2D eigenvalue weighted by molar-refractivity contribution is 6.33. The van der Waals surface area contributed by atoms with Crippen molar-refractivity contribution >= 4 is 23.2 Å². The number of amides is 1. The molecule has 4 aromatic rings. The monoisotopic (exact) mass is 420 g/mol. The van der Waals surface area contributed by atoms with Crippen molar-refractivity contribution in [3.05, 3.63) is 86.6 Å². The van der Waals surface area contributed by atoms with E-state index in [2.05, 4.69) is 10.1 Å². The summed E-state index contributed by atoms with van der Waals surface area (Å²) in [6.45, 7) is 2.33. The Balaban J connectivity index is 1.54. The third-order valence-corrected chi connectivity index (χ3v) is 5.70. The number of pyridine rings is 1. The number of hydrogen-bond acceptors (Lipinski definition) is 5. The molecule has 0 unspecified atom stereocenters. The van der Waals surface area contributed by atoms with Gasteiger partial charge >= 0.3 is 0 Å². The highest BCUT2D eigenvalue weighted by atomic mass is 35.5. The Kier molecular flexibility index (Phi) is 4.40. The van der Waals surface area contributed by atoms with Gasteiger partial charge in [-0.25, -0.2) is 4.98 Å². The molecule has 1 aliphatic heterocycles. The van der Waals surface area contributed by atoms with Gasteiger partial charge in [-0.2, -0.15) is 0 Å². The van der Waals surface area contributed by atoms with Crippen LogP contribution >= 0.6 is 11.6 Å². The number of aromatic nitrogens is 3. The zero-order valence-corrected chi connectivity index (χ0v) is 16.9. The molecule has 0 radical (unpaired) electrons. The number of rotatable bonds is 2. The molecule has 30 heavy (non-hydrogen) atoms. The van der Waals surface area contributed by atoms with Gasteiger partial charge in [-0.3, -0.25) is 14.0 Å². The molecule has 8 heteroatoms. The Morgan fingerprint density at radius 1 is 1.17 bits per heavy atom. The number of hydrogen-bond donors (Lipinski definition) is 0. The molecule has 0 fully saturated rings. The summed E-state index contributed by atoms with van der Waals surface area (Å²) in [7, 11) is 0. The summed E-state index contributed by atoms with van der Waals surface area (Å²) >= 11 is 6.31. The van der Waals surface area contributed by atoms with Crippen LogP contribution in [-0.2, 0) is 13.0 Å². The van der Waals surface area contributed by atoms with Crippen LogP contribution in [0.25, 0.3) is 16.9 Å². The smallest absolute Gasteiger partial charge is 0.263 e. The first kappa shape index (κ1) is 18.6. The van der Waals surface area contributed by atoms with Gasteiger partial charge in [0.1, 0.15) is 22.7 Å². The van der Waals surface area contributed by atoms with Gasteiger partial charge < -0.3 is 9.42 Å². The van der Waals surface area contributed by atoms with Crippen LogP contribution in [0.4, 0.5) is 0 Å². The third kappa shape index (κ3) is 2.90. The Morgan fingerprint density at radius 3 is 2.80 bits per heavy atom. The molecule has 7 nitrogen and oxygen atoms in total. The molecule has 0 saturated heterocycles. The molecule has 0 spiro atoms. The average molecular weight is 421 g/mol. The van der Waals surface area contributed by atoms with E-state index in [1.807, 2.05) is 18.2 Å². The highest BCUT2D eigenvalue weighted by Crippen LogP contribution is 2.32. The van der Waals surface area contributed by atoms with Crippen molar-refractivity contribution in [1.82, 2.24) is 19.4 Å². The van der Waals surface area contributed by atoms with Gasteiger partial charge in [0.05, 0.1) is 22.8 Å². The van der Waals surface area contributed by atoms with Crippen molar-refractivity contribution in [2.45, 2.75) is 19.9 Å². The lowest BCUT2D eigenvalue weighted by molar-refractivity contribution is 0.0731. The van der Waals surface area contributed by atoms with E-state index < -0.39 is 0 Å². The number of carbonyl (C=O) groups is 1. The molecule has 0 aliphatic carbocycles. The molecule has 150 valence electrons. The minimum Gasteiger partial charge on any atom is -0.360 e. The molecule has 4 heterocycles. The van der Waals surface area contributed by atoms with Crippen LogP contribution in [0.5, 0.6) is 0 Å². The maximum absolute atomic E-state index is 13.4. The quantitative estimate of drug-likeness (QED) is 0.495. The summed E-state index contributed by atoms with van der Waals surface area (Å²) in [6, 6.07) is 12.6. The standard InChI is InChI=1S/C22H17ClN4O3/c1-13-19(20(25-30-13)14-6-2-3-7-16(14)23)22(29)26-11-9-17-15(12-26)21(28)27-10-5-4-8-18(27)24-17/h2-8,10H,9,11-12H2,1H3. The first-order valence-corrected chi connectivity index (χ1v) is 9.92. The first-order chi connectivity index (χ1) is 14.5. The Bertz CT molecular complexity index is 1360. The van der Waals surface area contributed by atoms with Gasteiger partial charge in [0.2, 0.25) is 0 Å². The van der Waals surface area contributed by atoms with E-state index in [1.165, 1.54) is 4.40 Å². The van der Waals surface area contributed by atoms with Gasteiger partial charge in [-0.05, 0) is 25.1 Å². The minimum absolute atomic E-state index is 0.151. The predicted octanol–water partition coefficient (Wildman–Crippen LogP) is 3.51. The van der Waals surface area contributed by atoms with E-state index in [1.54, 1.807) is 42.3 Å². The third-order valence-electron chi connectivity index (χ3n) is 5.37. The molecule has 1 amide bonds. The van der Waals surface area contributed by atoms with E-state index in [4.69, 9.17) is 16.1 Å². The van der Waals surface area contributed by atoms with Crippen LogP contribution in [0.3, 0.4) is 0 Å². The minimum atomic E-state index is -0.244. The zero-order valence-electron chi connectivity index (χ0n) is 16.1. The van der Waals surface area contributed by atoms with Crippen LogP contribution in [0, 0.1) is 6.92 Å². The van der Waals surface area contributed by atoms with Gasteiger partial charge in [-0.15, -0.1) is 0 Å². The SMILES string of the molecule is Cc1onc(-c2ccccc2Cl)c1C(=O)N1CCc2nc3ccccn3c(=O)c2C1. The van der Waals surface area contributed by atoms with Gasteiger partial charge in [0, 0.05) is 24.7 Å². The van der Waals surface area contributed by atoms with Crippen LogP contribution in [0.15, 0.2) is 58.0 Å². The fraction of sp³-hybridized carbons (Fsp3) is 0.182. The largest absolute Gasteiger partial charge is 0.360 e. The number of nitrogens with zero attached hydrogens (tertiary/aromatic N) is 4. The second kappa shape index (κ2) is 7.11. The molecular formula is C22H17ClN4O3. The van der Waals surface area contributed by atoms with Gasteiger partial charge in [-0.1, -0.05) is 41.0 Å². The van der Waals surface area contributed by atoms with E-state index in [0.717, 1.165) is 5.69 Å². The molecule has 1 aromatic carbocycles. The molecule has 0 saturated carbocycles. The molecule has 1 aliphatic rings. The van der Waals surface area contributed by atoms with E-state index in [-0.39, 0.29) is 18.0 Å². The Hall–Kier alpha value is -3.45. The number of fused-ring (bicyclic) bond motifs is 2. The van der Waals surface area contributed by atoms with Crippen molar-refractivity contribution in [1.29, 1.82) is 0 Å². The molecule has 3 aromatic heterocycles. The summed E-state index contributed by atoms with van der Waals surface area (Å²) < 4.78 is 6.84. The second-order valence-corrected chi connectivity index (χ2v) is 7.60. The van der Waals surface area contributed by atoms with E-state index >= 15 is 0 Å². The Morgan fingerprint density at radius 2 is 1.97 bits per heavy atom. The fourth-order valence-corrected chi connectivity index (χ4v) is 4.07. The molecule has 5 rings (SSSR count). The topological polar surface area (TPSA) is 80.7 Å². The molecule has 0 atom stereocenters. The Labute approximate surface area is 176 Å². The number of aryl methyl sites for hydroxylation is 1. The van der Waals surface area contributed by atoms with Crippen LogP contribution in [0.1, 0.15) is 27.4 Å². The van der Waals surface area contributed by atoms with E-state index in [0.29, 0.717) is 51.8 Å². The second-order valence-electron chi connectivity index (χ2n) is 7.19. The lowest BCUT2D eigenvalue weighted by Crippen LogP contribution is -2.40. The zero-order chi connectivity index (χ0) is 20.8. The summed E-state index contributed by atoms with van der Waals surface area (Å²) in [4.78, 5) is 32.6. The summed E-state index contributed by atoms with van der Waals surface area (Å²) in [5.41, 5.74) is 3.13. The predicted molar refractivity (Wildman–Crippen MR) is 112 cm³/mol. The summed E-state index contributed by atoms with van der Waals surface area (Å²) in [5.74, 6) is 0.168. The van der Waals surface area contributed by atoms with Gasteiger partial charge in [0.15, 0.2) is 0 Å². The summed E-state index contributed by atoms with van der Waals surface area (Å²) in [6.07, 6.45) is 2.19. The maximum atomic E-state index is 13.4. The summed E-state index contributed by atoms with van der Waals surface area (Å²) in [5, 5.41) is 4.56. The van der Waals surface area contributed by atoms with Crippen molar-refractivity contribution in [3.8, 4) is 11.3 Å². The fourth-order valence-electron chi connectivity index (χ4n) is 3.84. The van der Waals surface area contributed by atoms with Crippen LogP contribution in [-0.4, -0.2) is 31.9 Å². The van der Waals surface area contributed by atoms with Gasteiger partial charge in [0.25, 0.3) is 11.5 Å². The molecule has 0 bridgehead atoms. The highest BCUT2D eigenvalue weighted by Gasteiger charge is 2.31. The van der Waals surface area contributed by atoms with E-state index in [9.17, 15) is 9.59 Å². The van der Waals surface area contributed by atoms with Crippen LogP contribution in [0.2, 0.25) is 5.02 Å². The van der Waals surface area contributed by atoms with Crippen LogP contribution < -0.4 is 5.56 Å².